The molecule has 0 spiro atoms. The van der Waals surface area contributed by atoms with Gasteiger partial charge in [0.05, 0.1) is 11.0 Å². The van der Waals surface area contributed by atoms with Crippen LogP contribution in [0.4, 0.5) is 5.69 Å². The molecule has 1 aromatic heterocycles. The third kappa shape index (κ3) is 2.83. The van der Waals surface area contributed by atoms with Crippen LogP contribution in [-0.4, -0.2) is 49.8 Å². The standard InChI is InChI=1S/C10H14N4O4/c15-9-2-1-3-12(6-9)10(16)7-13-5-8(4-11-13)14(17)18/h4-5,9,15H,1-3,6-7H2. The number of amides is 1. The highest BCUT2D eigenvalue weighted by Crippen LogP contribution is 2.12. The van der Waals surface area contributed by atoms with Gasteiger partial charge in [0.1, 0.15) is 18.9 Å². The summed E-state index contributed by atoms with van der Waals surface area (Å²) >= 11 is 0. The Labute approximate surface area is 103 Å². The van der Waals surface area contributed by atoms with Crippen LogP contribution in [0.3, 0.4) is 0 Å². The summed E-state index contributed by atoms with van der Waals surface area (Å²) in [6.07, 6.45) is 3.33. The average molecular weight is 254 g/mol. The molecule has 18 heavy (non-hydrogen) atoms. The molecule has 1 N–H and O–H groups in total. The Kier molecular flexibility index (Phi) is 3.56. The van der Waals surface area contributed by atoms with Gasteiger partial charge in [-0.25, -0.2) is 0 Å². The maximum Gasteiger partial charge on any atom is 0.307 e. The molecule has 8 heteroatoms. The minimum absolute atomic E-state index is 0.0411. The van der Waals surface area contributed by atoms with Gasteiger partial charge in [0.15, 0.2) is 0 Å². The molecule has 8 nitrogen and oxygen atoms in total. The van der Waals surface area contributed by atoms with Crippen molar-refractivity contribution in [2.24, 2.45) is 0 Å². The minimum atomic E-state index is -0.557. The van der Waals surface area contributed by atoms with Crippen LogP contribution in [0.5, 0.6) is 0 Å². The van der Waals surface area contributed by atoms with Crippen molar-refractivity contribution in [3.05, 3.63) is 22.5 Å². The molecule has 0 saturated carbocycles. The van der Waals surface area contributed by atoms with Crippen molar-refractivity contribution in [2.45, 2.75) is 25.5 Å². The summed E-state index contributed by atoms with van der Waals surface area (Å²) in [5.41, 5.74) is -0.138. The summed E-state index contributed by atoms with van der Waals surface area (Å²) in [5.74, 6) is -0.188. The van der Waals surface area contributed by atoms with Crippen LogP contribution < -0.4 is 0 Å². The largest absolute Gasteiger partial charge is 0.391 e. The monoisotopic (exact) mass is 254 g/mol. The number of piperidine rings is 1. The quantitative estimate of drug-likeness (QED) is 0.593. The molecule has 2 rings (SSSR count). The summed E-state index contributed by atoms with van der Waals surface area (Å²) in [6.45, 7) is 0.891. The number of nitro groups is 1. The Bertz CT molecular complexity index is 458. The van der Waals surface area contributed by atoms with Crippen LogP contribution in [-0.2, 0) is 11.3 Å². The fourth-order valence-corrected chi connectivity index (χ4v) is 1.95. The van der Waals surface area contributed by atoms with E-state index >= 15 is 0 Å². The number of aromatic nitrogens is 2. The number of rotatable bonds is 3. The van der Waals surface area contributed by atoms with Crippen molar-refractivity contribution in [3.8, 4) is 0 Å². The van der Waals surface area contributed by atoms with Gasteiger partial charge in [-0.15, -0.1) is 0 Å². The van der Waals surface area contributed by atoms with Crippen molar-refractivity contribution < 1.29 is 14.8 Å². The zero-order valence-electron chi connectivity index (χ0n) is 9.73. The molecule has 98 valence electrons. The van der Waals surface area contributed by atoms with Gasteiger partial charge >= 0.3 is 5.69 Å². The molecule has 1 aromatic rings. The second-order valence-corrected chi connectivity index (χ2v) is 4.29. The lowest BCUT2D eigenvalue weighted by Gasteiger charge is -2.30. The maximum atomic E-state index is 11.9. The lowest BCUT2D eigenvalue weighted by Crippen LogP contribution is -2.43. The average Bonchev–Trinajstić information content (AvgIpc) is 2.77. The van der Waals surface area contributed by atoms with Gasteiger partial charge in [0, 0.05) is 13.1 Å². The summed E-state index contributed by atoms with van der Waals surface area (Å²) < 4.78 is 1.24. The molecule has 0 radical (unpaired) electrons. The summed E-state index contributed by atoms with van der Waals surface area (Å²) in [7, 11) is 0. The van der Waals surface area contributed by atoms with E-state index in [0.29, 0.717) is 19.5 Å². The molecule has 0 aliphatic carbocycles. The molecule has 1 fully saturated rings. The number of β-amino-alcohol motifs (C(OH)–C–C–N with tert-alkyl or cyclic N) is 1. The number of hydrogen-bond donors (Lipinski definition) is 1. The number of hydrogen-bond acceptors (Lipinski definition) is 5. The number of carbonyl (C=O) groups is 1. The lowest BCUT2D eigenvalue weighted by molar-refractivity contribution is -0.385. The van der Waals surface area contributed by atoms with Crippen LogP contribution in [0.1, 0.15) is 12.8 Å². The van der Waals surface area contributed by atoms with E-state index in [-0.39, 0.29) is 18.1 Å². The number of aliphatic hydroxyl groups is 1. The molecule has 0 aromatic carbocycles. The molecular formula is C10H14N4O4. The van der Waals surface area contributed by atoms with Crippen LogP contribution in [0.2, 0.25) is 0 Å². The summed E-state index contributed by atoms with van der Waals surface area (Å²) in [5, 5.41) is 23.7. The van der Waals surface area contributed by atoms with Gasteiger partial charge in [0.25, 0.3) is 0 Å². The molecule has 1 amide bonds. The van der Waals surface area contributed by atoms with Crippen LogP contribution in [0.25, 0.3) is 0 Å². The van der Waals surface area contributed by atoms with Gasteiger partial charge < -0.3 is 10.0 Å². The highest BCUT2D eigenvalue weighted by molar-refractivity contribution is 5.76. The van der Waals surface area contributed by atoms with Crippen molar-refractivity contribution in [1.29, 1.82) is 0 Å². The van der Waals surface area contributed by atoms with E-state index < -0.39 is 11.0 Å². The third-order valence-electron chi connectivity index (χ3n) is 2.88. The Hall–Kier alpha value is -1.96. The third-order valence-corrected chi connectivity index (χ3v) is 2.88. The van der Waals surface area contributed by atoms with Crippen LogP contribution in [0, 0.1) is 10.1 Å². The van der Waals surface area contributed by atoms with Crippen molar-refractivity contribution in [2.75, 3.05) is 13.1 Å². The highest BCUT2D eigenvalue weighted by atomic mass is 16.6. The minimum Gasteiger partial charge on any atom is -0.391 e. The number of nitrogens with zero attached hydrogens (tertiary/aromatic N) is 4. The van der Waals surface area contributed by atoms with Gasteiger partial charge in [-0.05, 0) is 12.8 Å². The van der Waals surface area contributed by atoms with Crippen molar-refractivity contribution in [1.82, 2.24) is 14.7 Å². The molecular weight excluding hydrogens is 240 g/mol. The Morgan fingerprint density at radius 3 is 3.06 bits per heavy atom. The fraction of sp³-hybridized carbons (Fsp3) is 0.600. The molecule has 1 aliphatic heterocycles. The molecule has 0 bridgehead atoms. The number of likely N-dealkylation sites (tertiary alicyclic amines) is 1. The van der Waals surface area contributed by atoms with E-state index in [2.05, 4.69) is 5.10 Å². The molecule has 2 heterocycles. The first kappa shape index (κ1) is 12.5. The van der Waals surface area contributed by atoms with Crippen molar-refractivity contribution >= 4 is 11.6 Å². The SMILES string of the molecule is O=C(Cn1cc([N+](=O)[O-])cn1)N1CCCC(O)C1. The van der Waals surface area contributed by atoms with Crippen molar-refractivity contribution in [3.63, 3.8) is 0 Å². The van der Waals surface area contributed by atoms with Gasteiger partial charge in [0.2, 0.25) is 5.91 Å². The summed E-state index contributed by atoms with van der Waals surface area (Å²) in [4.78, 5) is 23.3. The van der Waals surface area contributed by atoms with Gasteiger partial charge in [-0.3, -0.25) is 19.6 Å². The maximum absolute atomic E-state index is 11.9. The van der Waals surface area contributed by atoms with Gasteiger partial charge in [-0.1, -0.05) is 0 Å². The highest BCUT2D eigenvalue weighted by Gasteiger charge is 2.22. The van der Waals surface area contributed by atoms with E-state index in [0.717, 1.165) is 12.6 Å². The molecule has 1 saturated heterocycles. The Morgan fingerprint density at radius 2 is 2.44 bits per heavy atom. The first-order valence-corrected chi connectivity index (χ1v) is 5.69. The predicted molar refractivity (Wildman–Crippen MR) is 60.7 cm³/mol. The predicted octanol–water partition coefficient (Wildman–Crippen LogP) is -0.225. The van der Waals surface area contributed by atoms with Gasteiger partial charge in [-0.2, -0.15) is 5.10 Å². The smallest absolute Gasteiger partial charge is 0.307 e. The molecule has 1 aliphatic rings. The molecule has 1 atom stereocenters. The number of aliphatic hydroxyl groups excluding tert-OH is 1. The van der Waals surface area contributed by atoms with E-state index in [1.54, 1.807) is 4.90 Å². The van der Waals surface area contributed by atoms with E-state index in [1.807, 2.05) is 0 Å². The van der Waals surface area contributed by atoms with E-state index in [4.69, 9.17) is 0 Å². The first-order valence-electron chi connectivity index (χ1n) is 5.69. The number of carbonyl (C=O) groups excluding carboxylic acids is 1. The summed E-state index contributed by atoms with van der Waals surface area (Å²) in [6, 6.07) is 0. The second-order valence-electron chi connectivity index (χ2n) is 4.29. The zero-order valence-corrected chi connectivity index (χ0v) is 9.73. The fourth-order valence-electron chi connectivity index (χ4n) is 1.95. The van der Waals surface area contributed by atoms with Crippen LogP contribution >= 0.6 is 0 Å². The Morgan fingerprint density at radius 1 is 1.67 bits per heavy atom. The van der Waals surface area contributed by atoms with E-state index in [1.165, 1.54) is 10.9 Å². The Balaban J connectivity index is 1.95. The lowest BCUT2D eigenvalue weighted by atomic mass is 10.1. The topological polar surface area (TPSA) is 102 Å². The van der Waals surface area contributed by atoms with Crippen LogP contribution in [0.15, 0.2) is 12.4 Å². The normalized spacial score (nSPS) is 19.8. The second kappa shape index (κ2) is 5.13. The first-order chi connectivity index (χ1) is 8.56. The zero-order chi connectivity index (χ0) is 13.1. The van der Waals surface area contributed by atoms with E-state index in [9.17, 15) is 20.0 Å². The molecule has 1 unspecified atom stereocenters.